The molecule has 0 radical (unpaired) electrons. The monoisotopic (exact) mass is 412 g/mol. The Morgan fingerprint density at radius 1 is 1.15 bits per heavy atom. The number of rotatable bonds is 6. The van der Waals surface area contributed by atoms with Crippen LogP contribution in [0.4, 0.5) is 0 Å². The Morgan fingerprint density at radius 3 is 2.65 bits per heavy atom. The Bertz CT molecular complexity index is 917. The van der Waals surface area contributed by atoms with Crippen molar-refractivity contribution in [3.63, 3.8) is 0 Å². The van der Waals surface area contributed by atoms with E-state index >= 15 is 0 Å². The number of aryl methyl sites for hydroxylation is 1. The van der Waals surface area contributed by atoms with Crippen molar-refractivity contribution < 1.29 is 13.9 Å². The van der Waals surface area contributed by atoms with E-state index in [0.29, 0.717) is 23.7 Å². The minimum atomic E-state index is -0.351. The van der Waals surface area contributed by atoms with Crippen LogP contribution >= 0.6 is 15.9 Å². The molecule has 1 heterocycles. The van der Waals surface area contributed by atoms with Gasteiger partial charge in [0.1, 0.15) is 23.9 Å². The number of ether oxygens (including phenoxy) is 1. The minimum Gasteiger partial charge on any atom is -0.488 e. The molecule has 2 aromatic carbocycles. The molecule has 3 aromatic rings. The lowest BCUT2D eigenvalue weighted by atomic mass is 10.2. The quantitative estimate of drug-likeness (QED) is 0.471. The molecule has 26 heavy (non-hydrogen) atoms. The van der Waals surface area contributed by atoms with Crippen LogP contribution in [0.15, 0.2) is 74.7 Å². The molecule has 0 atom stereocenters. The summed E-state index contributed by atoms with van der Waals surface area (Å²) < 4.78 is 12.2. The van der Waals surface area contributed by atoms with Crippen molar-refractivity contribution in [3.05, 3.63) is 87.8 Å². The fraction of sp³-hybridized carbons (Fsp3) is 0.100. The summed E-state index contributed by atoms with van der Waals surface area (Å²) in [5.41, 5.74) is 3.91. The van der Waals surface area contributed by atoms with E-state index in [0.717, 1.165) is 15.8 Å². The number of carbonyl (C=O) groups excluding carboxylic acids is 1. The van der Waals surface area contributed by atoms with Crippen LogP contribution in [0, 0.1) is 6.92 Å². The van der Waals surface area contributed by atoms with Crippen molar-refractivity contribution in [2.45, 2.75) is 13.5 Å². The summed E-state index contributed by atoms with van der Waals surface area (Å²) in [5, 5.41) is 3.92. The maximum Gasteiger partial charge on any atom is 0.275 e. The molecule has 0 fully saturated rings. The second-order valence-electron chi connectivity index (χ2n) is 5.56. The van der Waals surface area contributed by atoms with Crippen molar-refractivity contribution in [2.75, 3.05) is 0 Å². The molecule has 132 valence electrons. The molecule has 0 aliphatic heterocycles. The fourth-order valence-corrected chi connectivity index (χ4v) is 2.52. The number of halogens is 1. The van der Waals surface area contributed by atoms with Crippen LogP contribution in [-0.4, -0.2) is 12.1 Å². The number of para-hydroxylation sites is 1. The maximum atomic E-state index is 12.4. The minimum absolute atomic E-state index is 0.351. The molecule has 0 spiro atoms. The van der Waals surface area contributed by atoms with Crippen molar-refractivity contribution in [1.29, 1.82) is 0 Å². The standard InChI is InChI=1S/C20H17BrN2O3/c1-14-6-11-17(26-14)12-22-23-20(24)18-4-2-3-5-19(18)25-13-15-7-9-16(21)10-8-15/h2-12H,13H2,1H3,(H,23,24). The van der Waals surface area contributed by atoms with E-state index in [2.05, 4.69) is 26.5 Å². The molecule has 6 heteroatoms. The van der Waals surface area contributed by atoms with Crippen molar-refractivity contribution in [1.82, 2.24) is 5.43 Å². The lowest BCUT2D eigenvalue weighted by Crippen LogP contribution is -2.18. The molecule has 1 amide bonds. The zero-order valence-corrected chi connectivity index (χ0v) is 15.7. The number of hydrazone groups is 1. The van der Waals surface area contributed by atoms with Gasteiger partial charge in [0.25, 0.3) is 5.91 Å². The van der Waals surface area contributed by atoms with E-state index < -0.39 is 0 Å². The average Bonchev–Trinajstić information content (AvgIpc) is 3.06. The van der Waals surface area contributed by atoms with E-state index in [4.69, 9.17) is 9.15 Å². The number of nitrogens with one attached hydrogen (secondary N) is 1. The number of furan rings is 1. The Morgan fingerprint density at radius 2 is 1.92 bits per heavy atom. The van der Waals surface area contributed by atoms with E-state index in [9.17, 15) is 4.79 Å². The molecular weight excluding hydrogens is 396 g/mol. The Balaban J connectivity index is 1.64. The van der Waals surface area contributed by atoms with Gasteiger partial charge in [0.05, 0.1) is 11.8 Å². The van der Waals surface area contributed by atoms with Gasteiger partial charge in [-0.25, -0.2) is 5.43 Å². The largest absolute Gasteiger partial charge is 0.488 e. The first-order valence-electron chi connectivity index (χ1n) is 7.98. The molecule has 0 bridgehead atoms. The van der Waals surface area contributed by atoms with E-state index in [1.165, 1.54) is 6.21 Å². The highest BCUT2D eigenvalue weighted by molar-refractivity contribution is 9.10. The van der Waals surface area contributed by atoms with E-state index in [1.807, 2.05) is 43.3 Å². The Labute approximate surface area is 159 Å². The number of benzene rings is 2. The highest BCUT2D eigenvalue weighted by Crippen LogP contribution is 2.20. The lowest BCUT2D eigenvalue weighted by Gasteiger charge is -2.10. The number of hydrogen-bond acceptors (Lipinski definition) is 4. The predicted molar refractivity (Wildman–Crippen MR) is 103 cm³/mol. The molecule has 1 aromatic heterocycles. The van der Waals surface area contributed by atoms with Crippen molar-refractivity contribution in [2.24, 2.45) is 5.10 Å². The van der Waals surface area contributed by atoms with Crippen LogP contribution in [0.25, 0.3) is 0 Å². The predicted octanol–water partition coefficient (Wildman–Crippen LogP) is 4.69. The van der Waals surface area contributed by atoms with Crippen LogP contribution < -0.4 is 10.2 Å². The van der Waals surface area contributed by atoms with Gasteiger partial charge in [-0.2, -0.15) is 5.10 Å². The van der Waals surface area contributed by atoms with Gasteiger partial charge in [-0.15, -0.1) is 0 Å². The number of carbonyl (C=O) groups is 1. The van der Waals surface area contributed by atoms with Gasteiger partial charge in [-0.3, -0.25) is 4.79 Å². The summed E-state index contributed by atoms with van der Waals surface area (Å²) in [6.07, 6.45) is 1.45. The number of nitrogens with zero attached hydrogens (tertiary/aromatic N) is 1. The third-order valence-electron chi connectivity index (χ3n) is 3.56. The molecule has 0 unspecified atom stereocenters. The van der Waals surface area contributed by atoms with Gasteiger partial charge >= 0.3 is 0 Å². The molecule has 0 aliphatic rings. The van der Waals surface area contributed by atoms with Gasteiger partial charge in [0.15, 0.2) is 0 Å². The normalized spacial score (nSPS) is 10.8. The fourth-order valence-electron chi connectivity index (χ4n) is 2.26. The smallest absolute Gasteiger partial charge is 0.275 e. The topological polar surface area (TPSA) is 63.8 Å². The summed E-state index contributed by atoms with van der Waals surface area (Å²) in [4.78, 5) is 12.4. The summed E-state index contributed by atoms with van der Waals surface area (Å²) in [5.74, 6) is 1.50. The summed E-state index contributed by atoms with van der Waals surface area (Å²) in [7, 11) is 0. The first kappa shape index (κ1) is 17.9. The average molecular weight is 413 g/mol. The van der Waals surface area contributed by atoms with Crippen molar-refractivity contribution in [3.8, 4) is 5.75 Å². The van der Waals surface area contributed by atoms with Crippen LogP contribution in [0.3, 0.4) is 0 Å². The van der Waals surface area contributed by atoms with Crippen LogP contribution in [0.2, 0.25) is 0 Å². The van der Waals surface area contributed by atoms with Gasteiger partial charge in [0, 0.05) is 4.47 Å². The maximum absolute atomic E-state index is 12.4. The van der Waals surface area contributed by atoms with E-state index in [-0.39, 0.29) is 5.91 Å². The molecule has 0 aliphatic carbocycles. The Hall–Kier alpha value is -2.86. The lowest BCUT2D eigenvalue weighted by molar-refractivity contribution is 0.0950. The van der Waals surface area contributed by atoms with Crippen molar-refractivity contribution >= 4 is 28.1 Å². The molecule has 5 nitrogen and oxygen atoms in total. The second-order valence-corrected chi connectivity index (χ2v) is 6.47. The second kappa shape index (κ2) is 8.49. The SMILES string of the molecule is Cc1ccc(C=NNC(=O)c2ccccc2OCc2ccc(Br)cc2)o1. The molecule has 0 saturated heterocycles. The zero-order chi connectivity index (χ0) is 18.4. The van der Waals surface area contributed by atoms with Crippen LogP contribution in [-0.2, 0) is 6.61 Å². The highest BCUT2D eigenvalue weighted by Gasteiger charge is 2.11. The first-order chi connectivity index (χ1) is 12.6. The third kappa shape index (κ3) is 4.83. The Kier molecular flexibility index (Phi) is 5.86. The van der Waals surface area contributed by atoms with E-state index in [1.54, 1.807) is 24.3 Å². The molecule has 1 N–H and O–H groups in total. The van der Waals surface area contributed by atoms with Gasteiger partial charge < -0.3 is 9.15 Å². The van der Waals surface area contributed by atoms with Crippen LogP contribution in [0.5, 0.6) is 5.75 Å². The first-order valence-corrected chi connectivity index (χ1v) is 8.77. The zero-order valence-electron chi connectivity index (χ0n) is 14.1. The number of hydrogen-bond donors (Lipinski definition) is 1. The number of amides is 1. The summed E-state index contributed by atoms with van der Waals surface area (Å²) in [6, 6.07) is 18.5. The summed E-state index contributed by atoms with van der Waals surface area (Å²) >= 11 is 3.40. The molecular formula is C20H17BrN2O3. The van der Waals surface area contributed by atoms with Gasteiger partial charge in [-0.1, -0.05) is 40.2 Å². The summed E-state index contributed by atoms with van der Waals surface area (Å²) in [6.45, 7) is 2.21. The van der Waals surface area contributed by atoms with Gasteiger partial charge in [0.2, 0.25) is 0 Å². The van der Waals surface area contributed by atoms with Gasteiger partial charge in [-0.05, 0) is 48.9 Å². The van der Waals surface area contributed by atoms with Crippen LogP contribution in [0.1, 0.15) is 27.4 Å². The highest BCUT2D eigenvalue weighted by atomic mass is 79.9. The molecule has 0 saturated carbocycles. The third-order valence-corrected chi connectivity index (χ3v) is 4.09. The molecule has 3 rings (SSSR count).